The molecular weight excluding hydrogens is 375 g/mol. The summed E-state index contributed by atoms with van der Waals surface area (Å²) in [6.07, 6.45) is 3.19. The van der Waals surface area contributed by atoms with Gasteiger partial charge < -0.3 is 10.2 Å². The molecule has 3 nitrogen and oxygen atoms in total. The highest BCUT2D eigenvalue weighted by Crippen LogP contribution is 2.40. The zero-order chi connectivity index (χ0) is 17.8. The fraction of sp³-hybridized carbons (Fsp3) is 0.421. The first-order valence-electron chi connectivity index (χ1n) is 8.74. The number of benzene rings is 1. The average Bonchev–Trinajstić information content (AvgIpc) is 3.07. The van der Waals surface area contributed by atoms with Gasteiger partial charge in [-0.1, -0.05) is 42.6 Å². The maximum absolute atomic E-state index is 12.9. The van der Waals surface area contributed by atoms with Gasteiger partial charge in [0.2, 0.25) is 0 Å². The van der Waals surface area contributed by atoms with E-state index in [2.05, 4.69) is 23.7 Å². The van der Waals surface area contributed by atoms with E-state index in [0.717, 1.165) is 37.9 Å². The molecule has 0 fully saturated rings. The van der Waals surface area contributed by atoms with E-state index in [0.29, 0.717) is 16.6 Å². The number of thiophene rings is 1. The van der Waals surface area contributed by atoms with Gasteiger partial charge in [0.05, 0.1) is 12.6 Å². The number of unbranched alkanes of at least 4 members (excludes halogenated alkanes) is 1. The van der Waals surface area contributed by atoms with E-state index in [-0.39, 0.29) is 11.9 Å². The van der Waals surface area contributed by atoms with Gasteiger partial charge in [-0.25, -0.2) is 0 Å². The minimum Gasteiger partial charge on any atom is -0.338 e. The van der Waals surface area contributed by atoms with Crippen LogP contribution in [0.4, 0.5) is 0 Å². The number of fused-ring (bicyclic) bond motifs is 1. The van der Waals surface area contributed by atoms with Crippen molar-refractivity contribution in [2.24, 2.45) is 0 Å². The monoisotopic (exact) mass is 397 g/mol. The SMILES string of the molecule is CCCC[NH2+]CC(=O)N1CCc2sccc2[C@@H]1c1ccc(Cl)cc1Cl. The second-order valence-corrected chi connectivity index (χ2v) is 8.18. The molecule has 134 valence electrons. The summed E-state index contributed by atoms with van der Waals surface area (Å²) in [5, 5.41) is 5.43. The third-order valence-electron chi connectivity index (χ3n) is 4.62. The number of amides is 1. The molecule has 0 unspecified atom stereocenters. The number of halogens is 2. The molecule has 1 aromatic heterocycles. The van der Waals surface area contributed by atoms with E-state index in [9.17, 15) is 4.79 Å². The van der Waals surface area contributed by atoms with E-state index < -0.39 is 0 Å². The van der Waals surface area contributed by atoms with E-state index in [4.69, 9.17) is 23.2 Å². The van der Waals surface area contributed by atoms with Crippen molar-refractivity contribution in [3.05, 3.63) is 55.7 Å². The van der Waals surface area contributed by atoms with Gasteiger partial charge in [0, 0.05) is 21.5 Å². The van der Waals surface area contributed by atoms with Gasteiger partial charge in [0.15, 0.2) is 6.54 Å². The Morgan fingerprint density at radius 2 is 2.16 bits per heavy atom. The largest absolute Gasteiger partial charge is 0.338 e. The number of carbonyl (C=O) groups excluding carboxylic acids is 1. The maximum atomic E-state index is 12.9. The number of quaternary nitrogens is 1. The molecule has 0 saturated heterocycles. The van der Waals surface area contributed by atoms with Crippen molar-refractivity contribution < 1.29 is 10.1 Å². The van der Waals surface area contributed by atoms with Crippen molar-refractivity contribution in [1.82, 2.24) is 4.90 Å². The Bertz CT molecular complexity index is 747. The molecule has 25 heavy (non-hydrogen) atoms. The quantitative estimate of drug-likeness (QED) is 0.737. The Morgan fingerprint density at radius 3 is 2.92 bits per heavy atom. The van der Waals surface area contributed by atoms with E-state index in [1.54, 1.807) is 17.4 Å². The summed E-state index contributed by atoms with van der Waals surface area (Å²) in [7, 11) is 0. The molecule has 1 aromatic carbocycles. The summed E-state index contributed by atoms with van der Waals surface area (Å²) in [6.45, 7) is 4.38. The first-order valence-corrected chi connectivity index (χ1v) is 10.4. The molecule has 0 spiro atoms. The molecule has 0 radical (unpaired) electrons. The molecule has 0 aliphatic carbocycles. The van der Waals surface area contributed by atoms with Crippen LogP contribution in [-0.2, 0) is 11.2 Å². The Labute approximate surface area is 162 Å². The van der Waals surface area contributed by atoms with Gasteiger partial charge in [-0.05, 0) is 47.5 Å². The molecule has 0 bridgehead atoms. The summed E-state index contributed by atoms with van der Waals surface area (Å²) < 4.78 is 0. The maximum Gasteiger partial charge on any atom is 0.278 e. The zero-order valence-electron chi connectivity index (χ0n) is 14.3. The molecule has 1 atom stereocenters. The standard InChI is InChI=1S/C19H22Cl2N2OS/c1-2-3-8-22-12-18(24)23-9-6-17-15(7-10-25-17)19(23)14-5-4-13(20)11-16(14)21/h4-5,7,10-11,19,22H,2-3,6,8-9,12H2,1H3/p+1/t19-/m0/s1. The first kappa shape index (κ1) is 18.7. The van der Waals surface area contributed by atoms with Crippen LogP contribution in [0.25, 0.3) is 0 Å². The summed E-state index contributed by atoms with van der Waals surface area (Å²) in [5.41, 5.74) is 2.15. The number of hydrogen-bond acceptors (Lipinski definition) is 2. The van der Waals surface area contributed by atoms with Gasteiger partial charge in [-0.15, -0.1) is 11.3 Å². The Morgan fingerprint density at radius 1 is 1.32 bits per heavy atom. The van der Waals surface area contributed by atoms with Crippen LogP contribution < -0.4 is 5.32 Å². The lowest BCUT2D eigenvalue weighted by Gasteiger charge is -2.36. The molecule has 2 N–H and O–H groups in total. The van der Waals surface area contributed by atoms with Crippen molar-refractivity contribution in [3.63, 3.8) is 0 Å². The second kappa shape index (κ2) is 8.54. The van der Waals surface area contributed by atoms with Crippen LogP contribution >= 0.6 is 34.5 Å². The van der Waals surface area contributed by atoms with Crippen LogP contribution in [0.5, 0.6) is 0 Å². The fourth-order valence-electron chi connectivity index (χ4n) is 3.33. The Balaban J connectivity index is 1.88. The summed E-state index contributed by atoms with van der Waals surface area (Å²) in [5.74, 6) is 0.170. The molecule has 1 aliphatic heterocycles. The van der Waals surface area contributed by atoms with Gasteiger partial charge >= 0.3 is 0 Å². The van der Waals surface area contributed by atoms with Gasteiger partial charge in [0.25, 0.3) is 5.91 Å². The minimum atomic E-state index is -0.119. The predicted octanol–water partition coefficient (Wildman–Crippen LogP) is 3.89. The highest BCUT2D eigenvalue weighted by molar-refractivity contribution is 7.10. The van der Waals surface area contributed by atoms with Crippen LogP contribution in [0, 0.1) is 0 Å². The normalized spacial score (nSPS) is 16.8. The Kier molecular flexibility index (Phi) is 6.39. The lowest BCUT2D eigenvalue weighted by atomic mass is 9.93. The van der Waals surface area contributed by atoms with Crippen molar-refractivity contribution in [1.29, 1.82) is 0 Å². The lowest BCUT2D eigenvalue weighted by Crippen LogP contribution is -2.86. The minimum absolute atomic E-state index is 0.119. The average molecular weight is 398 g/mol. The van der Waals surface area contributed by atoms with Crippen LogP contribution in [-0.4, -0.2) is 30.4 Å². The van der Waals surface area contributed by atoms with Crippen molar-refractivity contribution in [3.8, 4) is 0 Å². The molecule has 1 aliphatic rings. The van der Waals surface area contributed by atoms with Gasteiger partial charge in [-0.2, -0.15) is 0 Å². The zero-order valence-corrected chi connectivity index (χ0v) is 16.6. The highest BCUT2D eigenvalue weighted by atomic mass is 35.5. The molecular formula is C19H23Cl2N2OS+. The van der Waals surface area contributed by atoms with Crippen LogP contribution in [0.1, 0.15) is 41.8 Å². The van der Waals surface area contributed by atoms with Gasteiger partial charge in [0.1, 0.15) is 0 Å². The molecule has 0 saturated carbocycles. The lowest BCUT2D eigenvalue weighted by molar-refractivity contribution is -0.644. The third-order valence-corrected chi connectivity index (χ3v) is 6.18. The molecule has 3 rings (SSSR count). The van der Waals surface area contributed by atoms with Crippen LogP contribution in [0.15, 0.2) is 29.6 Å². The van der Waals surface area contributed by atoms with E-state index in [1.165, 1.54) is 10.4 Å². The Hall–Kier alpha value is -1.07. The number of rotatable bonds is 6. The fourth-order valence-corrected chi connectivity index (χ4v) is 4.75. The first-order chi connectivity index (χ1) is 12.1. The van der Waals surface area contributed by atoms with Crippen molar-refractivity contribution >= 4 is 40.4 Å². The van der Waals surface area contributed by atoms with E-state index in [1.807, 2.05) is 17.0 Å². The summed E-state index contributed by atoms with van der Waals surface area (Å²) in [4.78, 5) is 16.2. The van der Waals surface area contributed by atoms with Gasteiger partial charge in [-0.3, -0.25) is 4.79 Å². The van der Waals surface area contributed by atoms with Crippen LogP contribution in [0.3, 0.4) is 0 Å². The van der Waals surface area contributed by atoms with Crippen molar-refractivity contribution in [2.45, 2.75) is 32.2 Å². The molecule has 6 heteroatoms. The highest BCUT2D eigenvalue weighted by Gasteiger charge is 2.34. The number of carbonyl (C=O) groups is 1. The summed E-state index contributed by atoms with van der Waals surface area (Å²) in [6, 6.07) is 7.56. The number of nitrogens with zero attached hydrogens (tertiary/aromatic N) is 1. The number of hydrogen-bond donors (Lipinski definition) is 1. The third kappa shape index (κ3) is 4.20. The predicted molar refractivity (Wildman–Crippen MR) is 105 cm³/mol. The van der Waals surface area contributed by atoms with E-state index >= 15 is 0 Å². The smallest absolute Gasteiger partial charge is 0.278 e. The summed E-state index contributed by atoms with van der Waals surface area (Å²) >= 11 is 14.3. The molecule has 2 heterocycles. The van der Waals surface area contributed by atoms with Crippen LogP contribution in [0.2, 0.25) is 10.0 Å². The molecule has 1 amide bonds. The topological polar surface area (TPSA) is 36.9 Å². The van der Waals surface area contributed by atoms with Crippen molar-refractivity contribution in [2.75, 3.05) is 19.6 Å². The molecule has 2 aromatic rings. The number of nitrogens with two attached hydrogens (primary N) is 1. The second-order valence-electron chi connectivity index (χ2n) is 6.34.